The third-order valence-electron chi connectivity index (χ3n) is 3.38. The first-order chi connectivity index (χ1) is 12.1. The molecule has 5 nitrogen and oxygen atoms in total. The van der Waals surface area contributed by atoms with Crippen molar-refractivity contribution in [3.05, 3.63) is 56.7 Å². The first-order valence-corrected chi connectivity index (χ1v) is 8.82. The molecule has 2 rings (SSSR count). The summed E-state index contributed by atoms with van der Waals surface area (Å²) in [5.74, 6) is -3.01. The van der Waals surface area contributed by atoms with E-state index in [1.807, 2.05) is 13.0 Å². The van der Waals surface area contributed by atoms with Gasteiger partial charge in [0.2, 0.25) is 0 Å². The quantitative estimate of drug-likeness (QED) is 0.435. The Bertz CT molecular complexity index is 823. The van der Waals surface area contributed by atoms with Crippen LogP contribution in [0.5, 0.6) is 0 Å². The van der Waals surface area contributed by atoms with Gasteiger partial charge in [0, 0.05) is 9.26 Å². The lowest BCUT2D eigenvalue weighted by Gasteiger charge is -2.18. The number of rotatable bonds is 6. The van der Waals surface area contributed by atoms with Crippen LogP contribution >= 0.6 is 22.6 Å². The highest BCUT2D eigenvalue weighted by Crippen LogP contribution is 2.28. The molecular weight excluding hydrogens is 457 g/mol. The number of carbonyl (C=O) groups is 1. The van der Waals surface area contributed by atoms with Crippen molar-refractivity contribution < 1.29 is 23.5 Å². The van der Waals surface area contributed by atoms with Gasteiger partial charge in [0.1, 0.15) is 6.61 Å². The van der Waals surface area contributed by atoms with Gasteiger partial charge in [0.25, 0.3) is 5.91 Å². The predicted octanol–water partition coefficient (Wildman–Crippen LogP) is 4.05. The van der Waals surface area contributed by atoms with E-state index < -0.39 is 23.1 Å². The minimum Gasteiger partial charge on any atom is -0.388 e. The smallest absolute Gasteiger partial charge is 0.277 e. The number of carbonyl (C=O) groups excluding carboxylic acids is 1. The van der Waals surface area contributed by atoms with Crippen molar-refractivity contribution in [1.29, 1.82) is 0 Å². The maximum absolute atomic E-state index is 14.3. The topological polar surface area (TPSA) is 70.6 Å². The van der Waals surface area contributed by atoms with Crippen LogP contribution in [-0.4, -0.2) is 23.2 Å². The summed E-state index contributed by atoms with van der Waals surface area (Å²) >= 11 is 2.14. The Morgan fingerprint density at radius 1 is 1.27 bits per heavy atom. The van der Waals surface area contributed by atoms with Crippen LogP contribution in [0.25, 0.3) is 0 Å². The molecule has 3 N–H and O–H groups in total. The number of aryl methyl sites for hydroxylation is 1. The van der Waals surface area contributed by atoms with Crippen LogP contribution in [0.15, 0.2) is 30.3 Å². The van der Waals surface area contributed by atoms with E-state index in [1.54, 1.807) is 12.1 Å². The Morgan fingerprint density at radius 3 is 2.58 bits per heavy atom. The molecule has 8 heteroatoms. The summed E-state index contributed by atoms with van der Waals surface area (Å²) in [6.45, 7) is 4.65. The molecular formula is C18H19F2IN2O3. The molecule has 1 amide bonds. The molecule has 2 aromatic rings. The average molecular weight is 476 g/mol. The summed E-state index contributed by atoms with van der Waals surface area (Å²) in [5.41, 5.74) is 1.90. The summed E-state index contributed by atoms with van der Waals surface area (Å²) in [5, 5.41) is 12.4. The molecule has 0 unspecified atom stereocenters. The van der Waals surface area contributed by atoms with Crippen LogP contribution in [0.1, 0.15) is 29.8 Å². The lowest BCUT2D eigenvalue weighted by atomic mass is 10.1. The molecule has 0 atom stereocenters. The van der Waals surface area contributed by atoms with Gasteiger partial charge in [-0.05, 0) is 79.3 Å². The van der Waals surface area contributed by atoms with E-state index in [0.29, 0.717) is 5.69 Å². The number of hydrogen-bond donors (Lipinski definition) is 3. The lowest BCUT2D eigenvalue weighted by Crippen LogP contribution is -2.33. The summed E-state index contributed by atoms with van der Waals surface area (Å²) < 4.78 is 29.0. The molecule has 2 aromatic carbocycles. The maximum atomic E-state index is 14.3. The largest absolute Gasteiger partial charge is 0.388 e. The van der Waals surface area contributed by atoms with Crippen LogP contribution in [0, 0.1) is 22.1 Å². The number of amides is 1. The van der Waals surface area contributed by atoms with Crippen molar-refractivity contribution in [2.45, 2.75) is 26.4 Å². The zero-order chi connectivity index (χ0) is 19.5. The number of nitrogens with one attached hydrogen (secondary N) is 2. The minimum absolute atomic E-state index is 0.127. The highest BCUT2D eigenvalue weighted by molar-refractivity contribution is 14.1. The molecule has 0 bridgehead atoms. The SMILES string of the molecule is Cc1cc(I)ccc1Nc1c(C(=O)NOCC(C)(C)O)ccc(F)c1F. The number of halogens is 3. The van der Waals surface area contributed by atoms with E-state index in [0.717, 1.165) is 21.3 Å². The average Bonchev–Trinajstić information content (AvgIpc) is 2.52. The second-order valence-electron chi connectivity index (χ2n) is 6.40. The van der Waals surface area contributed by atoms with Crippen molar-refractivity contribution >= 4 is 39.9 Å². The van der Waals surface area contributed by atoms with Gasteiger partial charge in [0.05, 0.1) is 16.9 Å². The Labute approximate surface area is 163 Å². The standard InChI is InChI=1S/C18H19F2IN2O3/c1-10-8-11(21)4-7-14(10)22-16-12(5-6-13(19)15(16)20)17(24)23-26-9-18(2,3)25/h4-8,22,25H,9H2,1-3H3,(H,23,24). The minimum atomic E-state index is -1.17. The van der Waals surface area contributed by atoms with Crippen LogP contribution < -0.4 is 10.8 Å². The van der Waals surface area contributed by atoms with E-state index in [9.17, 15) is 18.7 Å². The van der Waals surface area contributed by atoms with Crippen molar-refractivity contribution in [2.75, 3.05) is 11.9 Å². The van der Waals surface area contributed by atoms with E-state index in [2.05, 4.69) is 33.4 Å². The van der Waals surface area contributed by atoms with Crippen LogP contribution in [0.4, 0.5) is 20.2 Å². The van der Waals surface area contributed by atoms with Gasteiger partial charge in [-0.25, -0.2) is 14.3 Å². The number of hydrogen-bond acceptors (Lipinski definition) is 4. The normalized spacial score (nSPS) is 11.3. The molecule has 0 aliphatic rings. The highest BCUT2D eigenvalue weighted by atomic mass is 127. The number of anilines is 2. The molecule has 0 fully saturated rings. The maximum Gasteiger partial charge on any atom is 0.277 e. The molecule has 0 aromatic heterocycles. The molecule has 0 heterocycles. The number of hydroxylamine groups is 1. The fourth-order valence-electron chi connectivity index (χ4n) is 2.10. The number of benzene rings is 2. The highest BCUT2D eigenvalue weighted by Gasteiger charge is 2.21. The molecule has 0 aliphatic carbocycles. The summed E-state index contributed by atoms with van der Waals surface area (Å²) in [6, 6.07) is 7.41. The van der Waals surface area contributed by atoms with E-state index in [-0.39, 0.29) is 17.9 Å². The lowest BCUT2D eigenvalue weighted by molar-refractivity contribution is -0.0522. The Morgan fingerprint density at radius 2 is 1.96 bits per heavy atom. The van der Waals surface area contributed by atoms with Gasteiger partial charge in [-0.2, -0.15) is 0 Å². The van der Waals surface area contributed by atoms with Crippen molar-refractivity contribution in [3.8, 4) is 0 Å². The molecule has 0 saturated carbocycles. The van der Waals surface area contributed by atoms with Gasteiger partial charge in [-0.15, -0.1) is 0 Å². The van der Waals surface area contributed by atoms with Gasteiger partial charge in [-0.1, -0.05) is 0 Å². The van der Waals surface area contributed by atoms with Crippen LogP contribution in [0.3, 0.4) is 0 Å². The zero-order valence-electron chi connectivity index (χ0n) is 14.5. The summed E-state index contributed by atoms with van der Waals surface area (Å²) in [7, 11) is 0. The third-order valence-corrected chi connectivity index (χ3v) is 4.05. The molecule has 0 radical (unpaired) electrons. The van der Waals surface area contributed by atoms with E-state index in [4.69, 9.17) is 4.84 Å². The van der Waals surface area contributed by atoms with Gasteiger partial charge in [-0.3, -0.25) is 9.63 Å². The molecule has 0 saturated heterocycles. The van der Waals surface area contributed by atoms with Crippen molar-refractivity contribution in [3.63, 3.8) is 0 Å². The fourth-order valence-corrected chi connectivity index (χ4v) is 2.74. The van der Waals surface area contributed by atoms with Crippen LogP contribution in [-0.2, 0) is 4.84 Å². The molecule has 0 aliphatic heterocycles. The zero-order valence-corrected chi connectivity index (χ0v) is 16.6. The van der Waals surface area contributed by atoms with Crippen molar-refractivity contribution in [2.24, 2.45) is 0 Å². The second-order valence-corrected chi connectivity index (χ2v) is 7.65. The third kappa shape index (κ3) is 5.36. The monoisotopic (exact) mass is 476 g/mol. The summed E-state index contributed by atoms with van der Waals surface area (Å²) in [4.78, 5) is 17.2. The van der Waals surface area contributed by atoms with E-state index in [1.165, 1.54) is 13.8 Å². The van der Waals surface area contributed by atoms with Crippen LogP contribution in [0.2, 0.25) is 0 Å². The Hall–Kier alpha value is -1.78. The summed E-state index contributed by atoms with van der Waals surface area (Å²) in [6.07, 6.45) is 0. The Balaban J connectivity index is 2.30. The fraction of sp³-hybridized carbons (Fsp3) is 0.278. The van der Waals surface area contributed by atoms with Gasteiger partial charge >= 0.3 is 0 Å². The molecule has 26 heavy (non-hydrogen) atoms. The molecule has 0 spiro atoms. The Kier molecular flexibility index (Phi) is 6.53. The second kappa shape index (κ2) is 8.28. The first-order valence-electron chi connectivity index (χ1n) is 7.74. The van der Waals surface area contributed by atoms with Gasteiger partial charge in [0.15, 0.2) is 11.6 Å². The van der Waals surface area contributed by atoms with Crippen molar-refractivity contribution in [1.82, 2.24) is 5.48 Å². The van der Waals surface area contributed by atoms with Gasteiger partial charge < -0.3 is 10.4 Å². The predicted molar refractivity (Wildman–Crippen MR) is 103 cm³/mol. The molecule has 140 valence electrons. The number of aliphatic hydroxyl groups is 1. The first kappa shape index (κ1) is 20.5. The van der Waals surface area contributed by atoms with E-state index >= 15 is 0 Å².